The van der Waals surface area contributed by atoms with Gasteiger partial charge in [0.25, 0.3) is 5.78 Å². The third kappa shape index (κ3) is 2.11. The molecule has 0 aliphatic carbocycles. The first-order valence-electron chi connectivity index (χ1n) is 3.73. The van der Waals surface area contributed by atoms with E-state index in [1.165, 1.54) is 12.1 Å². The molecule has 0 atom stereocenters. The van der Waals surface area contributed by atoms with Gasteiger partial charge in [-0.15, -0.1) is 0 Å². The Morgan fingerprint density at radius 2 is 1.69 bits per heavy atom. The van der Waals surface area contributed by atoms with Gasteiger partial charge in [0.1, 0.15) is 0 Å². The quantitative estimate of drug-likeness (QED) is 0.542. The Morgan fingerprint density at radius 3 is 2.08 bits per heavy atom. The van der Waals surface area contributed by atoms with Crippen molar-refractivity contribution in [2.45, 2.75) is 13.8 Å². The highest BCUT2D eigenvalue weighted by Gasteiger charge is 2.14. The third-order valence-corrected chi connectivity index (χ3v) is 1.54. The van der Waals surface area contributed by atoms with E-state index in [2.05, 4.69) is 4.98 Å². The average Bonchev–Trinajstić information content (AvgIpc) is 2.01. The number of aromatic nitrogens is 1. The fraction of sp³-hybridized carbons (Fsp3) is 0.222. The maximum absolute atomic E-state index is 11.0. The maximum atomic E-state index is 11.0. The molecule has 0 fully saturated rings. The summed E-state index contributed by atoms with van der Waals surface area (Å²) >= 11 is 0. The minimum Gasteiger partial charge on any atom is -0.475 e. The van der Waals surface area contributed by atoms with E-state index >= 15 is 0 Å². The normalized spacial score (nSPS) is 9.69. The highest BCUT2D eigenvalue weighted by molar-refractivity contribution is 6.39. The Morgan fingerprint density at radius 1 is 1.23 bits per heavy atom. The molecule has 0 unspecified atom stereocenters. The molecule has 1 heterocycles. The Balaban J connectivity index is 3.15. The largest absolute Gasteiger partial charge is 0.475 e. The number of Topliss-reactive ketones (excluding diaryl/α,β-unsaturated/α-hetero) is 1. The van der Waals surface area contributed by atoms with Crippen LogP contribution in [0.3, 0.4) is 0 Å². The van der Waals surface area contributed by atoms with Crippen molar-refractivity contribution in [3.63, 3.8) is 0 Å². The predicted molar refractivity (Wildman–Crippen MR) is 45.7 cm³/mol. The Labute approximate surface area is 75.2 Å². The van der Waals surface area contributed by atoms with Crippen LogP contribution in [-0.2, 0) is 4.79 Å². The molecule has 4 heteroatoms. The number of hydrogen-bond acceptors (Lipinski definition) is 3. The zero-order chi connectivity index (χ0) is 10.0. The first kappa shape index (κ1) is 9.38. The summed E-state index contributed by atoms with van der Waals surface area (Å²) in [5, 5.41) is 8.45. The van der Waals surface area contributed by atoms with Crippen LogP contribution in [0.15, 0.2) is 12.1 Å². The van der Waals surface area contributed by atoms with E-state index in [-0.39, 0.29) is 5.56 Å². The number of rotatable bonds is 2. The Kier molecular flexibility index (Phi) is 2.41. The molecular weight excluding hydrogens is 170 g/mol. The van der Waals surface area contributed by atoms with Crippen LogP contribution in [0.25, 0.3) is 0 Å². The predicted octanol–water partition coefficient (Wildman–Crippen LogP) is 0.966. The fourth-order valence-electron chi connectivity index (χ4n) is 1.09. The van der Waals surface area contributed by atoms with Crippen LogP contribution in [0, 0.1) is 13.8 Å². The molecule has 0 saturated heterocycles. The SMILES string of the molecule is Cc1cc(C(=O)C(=O)O)cc(C)n1. The van der Waals surface area contributed by atoms with Gasteiger partial charge in [0.15, 0.2) is 0 Å². The van der Waals surface area contributed by atoms with Crippen molar-refractivity contribution in [3.8, 4) is 0 Å². The van der Waals surface area contributed by atoms with Gasteiger partial charge in [-0.2, -0.15) is 0 Å². The van der Waals surface area contributed by atoms with Crippen molar-refractivity contribution in [2.75, 3.05) is 0 Å². The second-order valence-corrected chi connectivity index (χ2v) is 2.77. The lowest BCUT2D eigenvalue weighted by atomic mass is 10.1. The number of nitrogens with zero attached hydrogens (tertiary/aromatic N) is 1. The first-order chi connectivity index (χ1) is 6.00. The zero-order valence-corrected chi connectivity index (χ0v) is 7.37. The summed E-state index contributed by atoms with van der Waals surface area (Å²) in [5.74, 6) is -2.33. The molecule has 0 aliphatic heterocycles. The lowest BCUT2D eigenvalue weighted by molar-refractivity contribution is -0.131. The van der Waals surface area contributed by atoms with Gasteiger partial charge in [0.2, 0.25) is 0 Å². The minimum atomic E-state index is -1.44. The van der Waals surface area contributed by atoms with Crippen LogP contribution in [0.2, 0.25) is 0 Å². The van der Waals surface area contributed by atoms with E-state index in [4.69, 9.17) is 5.11 Å². The van der Waals surface area contributed by atoms with Crippen molar-refractivity contribution in [3.05, 3.63) is 29.1 Å². The molecule has 4 nitrogen and oxygen atoms in total. The molecule has 0 saturated carbocycles. The van der Waals surface area contributed by atoms with Crippen molar-refractivity contribution < 1.29 is 14.7 Å². The number of aryl methyl sites for hydroxylation is 2. The molecular formula is C9H9NO3. The molecule has 13 heavy (non-hydrogen) atoms. The molecule has 68 valence electrons. The van der Waals surface area contributed by atoms with Gasteiger partial charge < -0.3 is 5.11 Å². The van der Waals surface area contributed by atoms with Crippen LogP contribution < -0.4 is 0 Å². The van der Waals surface area contributed by atoms with Crippen molar-refractivity contribution in [2.24, 2.45) is 0 Å². The lowest BCUT2D eigenvalue weighted by Crippen LogP contribution is -2.13. The van der Waals surface area contributed by atoms with E-state index in [0.717, 1.165) is 0 Å². The first-order valence-corrected chi connectivity index (χ1v) is 3.73. The van der Waals surface area contributed by atoms with Crippen molar-refractivity contribution in [1.29, 1.82) is 0 Å². The van der Waals surface area contributed by atoms with Crippen LogP contribution in [-0.4, -0.2) is 21.8 Å². The number of hydrogen-bond donors (Lipinski definition) is 1. The highest BCUT2D eigenvalue weighted by Crippen LogP contribution is 2.05. The summed E-state index contributed by atoms with van der Waals surface area (Å²) in [6.45, 7) is 3.43. The number of carbonyl (C=O) groups is 2. The molecule has 1 aromatic rings. The number of pyridine rings is 1. The smallest absolute Gasteiger partial charge is 0.377 e. The van der Waals surface area contributed by atoms with Crippen LogP contribution >= 0.6 is 0 Å². The summed E-state index contributed by atoms with van der Waals surface area (Å²) in [4.78, 5) is 25.4. The summed E-state index contributed by atoms with van der Waals surface area (Å²) in [7, 11) is 0. The monoisotopic (exact) mass is 179 g/mol. The van der Waals surface area contributed by atoms with Gasteiger partial charge in [-0.1, -0.05) is 0 Å². The summed E-state index contributed by atoms with van der Waals surface area (Å²) in [6, 6.07) is 2.92. The Bertz CT molecular complexity index is 351. The maximum Gasteiger partial charge on any atom is 0.377 e. The minimum absolute atomic E-state index is 0.178. The zero-order valence-electron chi connectivity index (χ0n) is 7.37. The molecule has 0 bridgehead atoms. The Hall–Kier alpha value is -1.71. The van der Waals surface area contributed by atoms with Gasteiger partial charge in [0.05, 0.1) is 0 Å². The van der Waals surface area contributed by atoms with Crippen LogP contribution in [0.4, 0.5) is 0 Å². The van der Waals surface area contributed by atoms with Gasteiger partial charge >= 0.3 is 5.97 Å². The molecule has 1 N–H and O–H groups in total. The molecule has 0 aromatic carbocycles. The molecule has 0 spiro atoms. The molecule has 0 aliphatic rings. The summed E-state index contributed by atoms with van der Waals surface area (Å²) < 4.78 is 0. The standard InChI is InChI=1S/C9H9NO3/c1-5-3-7(4-6(2)10-5)8(11)9(12)13/h3-4H,1-2H3,(H,12,13). The van der Waals surface area contributed by atoms with E-state index in [0.29, 0.717) is 11.4 Å². The number of carboxylic acid groups (broad SMARTS) is 1. The fourth-order valence-corrected chi connectivity index (χ4v) is 1.09. The second-order valence-electron chi connectivity index (χ2n) is 2.77. The van der Waals surface area contributed by atoms with Gasteiger partial charge in [-0.05, 0) is 26.0 Å². The molecule has 0 amide bonds. The van der Waals surface area contributed by atoms with Crippen LogP contribution in [0.5, 0.6) is 0 Å². The number of ketones is 1. The topological polar surface area (TPSA) is 67.3 Å². The summed E-state index contributed by atoms with van der Waals surface area (Å²) in [5.41, 5.74) is 1.46. The van der Waals surface area contributed by atoms with Gasteiger partial charge in [-0.3, -0.25) is 9.78 Å². The lowest BCUT2D eigenvalue weighted by Gasteiger charge is -1.99. The highest BCUT2D eigenvalue weighted by atomic mass is 16.4. The molecule has 0 radical (unpaired) electrons. The van der Waals surface area contributed by atoms with E-state index in [1.54, 1.807) is 13.8 Å². The number of carbonyl (C=O) groups excluding carboxylic acids is 1. The van der Waals surface area contributed by atoms with E-state index < -0.39 is 11.8 Å². The molecule has 1 aromatic heterocycles. The third-order valence-electron chi connectivity index (χ3n) is 1.54. The average molecular weight is 179 g/mol. The van der Waals surface area contributed by atoms with E-state index in [9.17, 15) is 9.59 Å². The van der Waals surface area contributed by atoms with Crippen LogP contribution in [0.1, 0.15) is 21.7 Å². The number of aliphatic carboxylic acids is 1. The van der Waals surface area contributed by atoms with E-state index in [1.807, 2.05) is 0 Å². The van der Waals surface area contributed by atoms with Crippen molar-refractivity contribution in [1.82, 2.24) is 4.98 Å². The summed E-state index contributed by atoms with van der Waals surface area (Å²) in [6.07, 6.45) is 0. The van der Waals surface area contributed by atoms with Gasteiger partial charge in [0, 0.05) is 17.0 Å². The van der Waals surface area contributed by atoms with Crippen molar-refractivity contribution >= 4 is 11.8 Å². The van der Waals surface area contributed by atoms with Gasteiger partial charge in [-0.25, -0.2) is 4.79 Å². The number of carboxylic acids is 1. The molecule has 1 rings (SSSR count). The second kappa shape index (κ2) is 3.35.